The van der Waals surface area contributed by atoms with E-state index in [0.717, 1.165) is 11.3 Å². The molecule has 9 heteroatoms. The molecule has 0 unspecified atom stereocenters. The minimum atomic E-state index is -0.283. The van der Waals surface area contributed by atoms with E-state index in [2.05, 4.69) is 20.8 Å². The smallest absolute Gasteiger partial charge is 0.234 e. The van der Waals surface area contributed by atoms with Crippen molar-refractivity contribution >= 4 is 40.6 Å². The molecule has 0 radical (unpaired) electrons. The molecule has 0 fully saturated rings. The maximum atomic E-state index is 13.0. The lowest BCUT2D eigenvalue weighted by Gasteiger charge is -2.09. The second-order valence-electron chi connectivity index (χ2n) is 6.11. The number of aryl methyl sites for hydroxylation is 1. The summed E-state index contributed by atoms with van der Waals surface area (Å²) in [6, 6.07) is 11.5. The maximum absolute atomic E-state index is 13.0. The second kappa shape index (κ2) is 9.07. The van der Waals surface area contributed by atoms with Crippen molar-refractivity contribution in [3.05, 3.63) is 64.7 Å². The fraction of sp³-hybridized carbons (Fsp3) is 0.211. The highest BCUT2D eigenvalue weighted by molar-refractivity contribution is 7.99. The third kappa shape index (κ3) is 5.24. The molecule has 3 aromatic rings. The van der Waals surface area contributed by atoms with E-state index in [1.54, 1.807) is 24.3 Å². The van der Waals surface area contributed by atoms with Gasteiger partial charge in [-0.05, 0) is 48.9 Å². The molecule has 2 N–H and O–H groups in total. The average Bonchev–Trinajstić information content (AvgIpc) is 3.02. The van der Waals surface area contributed by atoms with E-state index < -0.39 is 0 Å². The van der Waals surface area contributed by atoms with Crippen LogP contribution in [0.4, 0.5) is 15.8 Å². The van der Waals surface area contributed by atoms with Crippen molar-refractivity contribution in [2.24, 2.45) is 7.05 Å². The normalized spacial score (nSPS) is 10.7. The third-order valence-electron chi connectivity index (χ3n) is 4.03. The molecule has 6 nitrogen and oxygen atoms in total. The molecule has 1 amide bonds. The van der Waals surface area contributed by atoms with Gasteiger partial charge in [-0.3, -0.25) is 4.79 Å². The van der Waals surface area contributed by atoms with Crippen LogP contribution in [0, 0.1) is 12.7 Å². The molecule has 0 aliphatic heterocycles. The third-order valence-corrected chi connectivity index (χ3v) is 5.28. The van der Waals surface area contributed by atoms with Crippen molar-refractivity contribution in [1.29, 1.82) is 0 Å². The Labute approximate surface area is 171 Å². The number of aromatic nitrogens is 3. The first-order valence-corrected chi connectivity index (χ1v) is 9.85. The van der Waals surface area contributed by atoms with Crippen LogP contribution >= 0.6 is 23.4 Å². The predicted molar refractivity (Wildman–Crippen MR) is 110 cm³/mol. The van der Waals surface area contributed by atoms with Gasteiger partial charge in [0.25, 0.3) is 0 Å². The van der Waals surface area contributed by atoms with Crippen molar-refractivity contribution in [3.63, 3.8) is 0 Å². The number of hydrogen-bond acceptors (Lipinski definition) is 5. The maximum Gasteiger partial charge on any atom is 0.234 e. The minimum Gasteiger partial charge on any atom is -0.378 e. The molecular weight excluding hydrogens is 401 g/mol. The number of amides is 1. The van der Waals surface area contributed by atoms with Crippen LogP contribution < -0.4 is 10.6 Å². The first-order valence-electron chi connectivity index (χ1n) is 8.49. The Bertz CT molecular complexity index is 977. The summed E-state index contributed by atoms with van der Waals surface area (Å²) in [5.41, 5.74) is 2.42. The number of thioether (sulfide) groups is 1. The van der Waals surface area contributed by atoms with Crippen molar-refractivity contribution in [2.45, 2.75) is 18.6 Å². The quantitative estimate of drug-likeness (QED) is 0.560. The van der Waals surface area contributed by atoms with E-state index in [1.807, 2.05) is 24.6 Å². The number of carbonyl (C=O) groups excluding carboxylic acids is 1. The number of nitrogens with zero attached hydrogens (tertiary/aromatic N) is 3. The number of carbonyl (C=O) groups is 1. The fourth-order valence-electron chi connectivity index (χ4n) is 2.42. The summed E-state index contributed by atoms with van der Waals surface area (Å²) < 4.78 is 14.8. The van der Waals surface area contributed by atoms with E-state index in [0.29, 0.717) is 28.2 Å². The van der Waals surface area contributed by atoms with Gasteiger partial charge < -0.3 is 15.2 Å². The van der Waals surface area contributed by atoms with Gasteiger partial charge in [0.2, 0.25) is 5.91 Å². The standard InChI is InChI=1S/C19H19ClFN5OS/c1-12-3-4-13(20)9-16(12)23-18(27)11-28-19-25-24-17(26(19)2)10-22-15-7-5-14(21)6-8-15/h3-9,22H,10-11H2,1-2H3,(H,23,27). The minimum absolute atomic E-state index is 0.149. The molecule has 1 aromatic heterocycles. The van der Waals surface area contributed by atoms with Crippen LogP contribution in [0.5, 0.6) is 0 Å². The van der Waals surface area contributed by atoms with E-state index in [1.165, 1.54) is 23.9 Å². The van der Waals surface area contributed by atoms with Crippen molar-refractivity contribution in [2.75, 3.05) is 16.4 Å². The predicted octanol–water partition coefficient (Wildman–Crippen LogP) is 4.26. The molecule has 0 spiro atoms. The lowest BCUT2D eigenvalue weighted by atomic mass is 10.2. The van der Waals surface area contributed by atoms with Gasteiger partial charge in [0, 0.05) is 23.4 Å². The fourth-order valence-corrected chi connectivity index (χ4v) is 3.32. The van der Waals surface area contributed by atoms with Gasteiger partial charge >= 0.3 is 0 Å². The average molecular weight is 420 g/mol. The van der Waals surface area contributed by atoms with Gasteiger partial charge in [-0.25, -0.2) is 4.39 Å². The zero-order chi connectivity index (χ0) is 20.1. The Hall–Kier alpha value is -2.58. The van der Waals surface area contributed by atoms with Crippen LogP contribution in [-0.4, -0.2) is 26.4 Å². The Morgan fingerprint density at radius 1 is 1.21 bits per heavy atom. The van der Waals surface area contributed by atoms with Crippen LogP contribution in [0.1, 0.15) is 11.4 Å². The van der Waals surface area contributed by atoms with Crippen LogP contribution in [0.25, 0.3) is 0 Å². The van der Waals surface area contributed by atoms with Gasteiger partial charge in [0.1, 0.15) is 5.82 Å². The zero-order valence-electron chi connectivity index (χ0n) is 15.4. The van der Waals surface area contributed by atoms with E-state index in [-0.39, 0.29) is 17.5 Å². The number of halogens is 2. The van der Waals surface area contributed by atoms with Crippen molar-refractivity contribution in [1.82, 2.24) is 14.8 Å². The second-order valence-corrected chi connectivity index (χ2v) is 7.49. The molecule has 0 atom stereocenters. The first kappa shape index (κ1) is 20.2. The Morgan fingerprint density at radius 3 is 2.71 bits per heavy atom. The summed E-state index contributed by atoms with van der Waals surface area (Å²) in [6.07, 6.45) is 0. The Kier molecular flexibility index (Phi) is 6.53. The highest BCUT2D eigenvalue weighted by Gasteiger charge is 2.12. The molecule has 0 saturated carbocycles. The van der Waals surface area contributed by atoms with E-state index >= 15 is 0 Å². The summed E-state index contributed by atoms with van der Waals surface area (Å²) >= 11 is 7.27. The highest BCUT2D eigenvalue weighted by atomic mass is 35.5. The van der Waals surface area contributed by atoms with Gasteiger partial charge in [-0.2, -0.15) is 0 Å². The lowest BCUT2D eigenvalue weighted by Crippen LogP contribution is -2.15. The number of rotatable bonds is 7. The summed E-state index contributed by atoms with van der Waals surface area (Å²) in [4.78, 5) is 12.2. The lowest BCUT2D eigenvalue weighted by molar-refractivity contribution is -0.113. The first-order chi connectivity index (χ1) is 13.4. The molecule has 0 aliphatic carbocycles. The van der Waals surface area contributed by atoms with Crippen LogP contribution in [0.3, 0.4) is 0 Å². The van der Waals surface area contributed by atoms with E-state index in [4.69, 9.17) is 11.6 Å². The summed E-state index contributed by atoms with van der Waals surface area (Å²) in [5.74, 6) is 0.472. The number of nitrogens with one attached hydrogen (secondary N) is 2. The van der Waals surface area contributed by atoms with Crippen molar-refractivity contribution < 1.29 is 9.18 Å². The topological polar surface area (TPSA) is 71.8 Å². The van der Waals surface area contributed by atoms with Gasteiger partial charge in [-0.1, -0.05) is 29.4 Å². The summed E-state index contributed by atoms with van der Waals surface area (Å²) in [6.45, 7) is 2.34. The van der Waals surface area contributed by atoms with Crippen molar-refractivity contribution in [3.8, 4) is 0 Å². The molecule has 146 valence electrons. The SMILES string of the molecule is Cc1ccc(Cl)cc1NC(=O)CSc1nnc(CNc2ccc(F)cc2)n1C. The van der Waals surface area contributed by atoms with Crippen LogP contribution in [0.15, 0.2) is 47.6 Å². The van der Waals surface area contributed by atoms with E-state index in [9.17, 15) is 9.18 Å². The highest BCUT2D eigenvalue weighted by Crippen LogP contribution is 2.21. The Balaban J connectivity index is 1.54. The molecule has 0 bridgehead atoms. The number of benzene rings is 2. The van der Waals surface area contributed by atoms with Crippen LogP contribution in [0.2, 0.25) is 5.02 Å². The molecule has 0 saturated heterocycles. The van der Waals surface area contributed by atoms with Gasteiger partial charge in [0.05, 0.1) is 12.3 Å². The van der Waals surface area contributed by atoms with Gasteiger partial charge in [0.15, 0.2) is 11.0 Å². The molecular formula is C19H19ClFN5OS. The molecule has 1 heterocycles. The Morgan fingerprint density at radius 2 is 1.96 bits per heavy atom. The summed E-state index contributed by atoms with van der Waals surface area (Å²) in [5, 5.41) is 15.5. The van der Waals surface area contributed by atoms with Crippen LogP contribution in [-0.2, 0) is 18.4 Å². The van der Waals surface area contributed by atoms with Gasteiger partial charge in [-0.15, -0.1) is 10.2 Å². The zero-order valence-corrected chi connectivity index (χ0v) is 16.9. The molecule has 28 heavy (non-hydrogen) atoms. The number of anilines is 2. The summed E-state index contributed by atoms with van der Waals surface area (Å²) in [7, 11) is 1.84. The molecule has 0 aliphatic rings. The molecule has 2 aromatic carbocycles. The molecule has 3 rings (SSSR count). The number of hydrogen-bond donors (Lipinski definition) is 2. The monoisotopic (exact) mass is 419 g/mol. The largest absolute Gasteiger partial charge is 0.378 e.